The number of guanidine groups is 1. The SMILES string of the molecule is CCNC(=NCC1(c2ccccc2Br)CC1)NC1CC1.I. The zero-order valence-electron chi connectivity index (χ0n) is 12.4. The molecule has 0 radical (unpaired) electrons. The normalized spacial score (nSPS) is 19.6. The average molecular weight is 464 g/mol. The van der Waals surface area contributed by atoms with Gasteiger partial charge < -0.3 is 10.6 Å². The topological polar surface area (TPSA) is 36.4 Å². The van der Waals surface area contributed by atoms with Crippen LogP contribution >= 0.6 is 39.9 Å². The molecule has 21 heavy (non-hydrogen) atoms. The van der Waals surface area contributed by atoms with Crippen LogP contribution in [0.5, 0.6) is 0 Å². The maximum Gasteiger partial charge on any atom is 0.191 e. The Balaban J connectivity index is 0.00000161. The number of nitrogens with one attached hydrogen (secondary N) is 2. The predicted molar refractivity (Wildman–Crippen MR) is 103 cm³/mol. The van der Waals surface area contributed by atoms with Crippen molar-refractivity contribution in [1.82, 2.24) is 10.6 Å². The molecule has 0 amide bonds. The molecule has 2 fully saturated rings. The monoisotopic (exact) mass is 463 g/mol. The molecule has 2 aliphatic rings. The van der Waals surface area contributed by atoms with E-state index in [9.17, 15) is 0 Å². The summed E-state index contributed by atoms with van der Waals surface area (Å²) in [5, 5.41) is 6.83. The zero-order chi connectivity index (χ0) is 14.0. The summed E-state index contributed by atoms with van der Waals surface area (Å²) >= 11 is 3.68. The second-order valence-electron chi connectivity index (χ2n) is 5.87. The highest BCUT2D eigenvalue weighted by molar-refractivity contribution is 14.0. The molecule has 0 atom stereocenters. The zero-order valence-corrected chi connectivity index (χ0v) is 16.3. The van der Waals surface area contributed by atoms with Crippen molar-refractivity contribution in [2.45, 2.75) is 44.1 Å². The van der Waals surface area contributed by atoms with E-state index in [0.29, 0.717) is 6.04 Å². The summed E-state index contributed by atoms with van der Waals surface area (Å²) in [4.78, 5) is 4.82. The van der Waals surface area contributed by atoms with E-state index in [4.69, 9.17) is 4.99 Å². The van der Waals surface area contributed by atoms with Crippen LogP contribution < -0.4 is 10.6 Å². The maximum atomic E-state index is 4.82. The molecule has 2 N–H and O–H groups in total. The first-order valence-electron chi connectivity index (χ1n) is 7.53. The first-order chi connectivity index (χ1) is 9.73. The Kier molecular flexibility index (Phi) is 5.94. The highest BCUT2D eigenvalue weighted by Crippen LogP contribution is 2.50. The van der Waals surface area contributed by atoms with Gasteiger partial charge in [0.25, 0.3) is 0 Å². The molecule has 3 rings (SSSR count). The van der Waals surface area contributed by atoms with Gasteiger partial charge in [0.1, 0.15) is 0 Å². The summed E-state index contributed by atoms with van der Waals surface area (Å²) in [6.07, 6.45) is 5.03. The molecule has 0 aliphatic heterocycles. The molecule has 2 aliphatic carbocycles. The Morgan fingerprint density at radius 3 is 2.62 bits per heavy atom. The van der Waals surface area contributed by atoms with Gasteiger partial charge in [0.05, 0.1) is 6.54 Å². The third-order valence-electron chi connectivity index (χ3n) is 4.10. The van der Waals surface area contributed by atoms with E-state index in [2.05, 4.69) is 57.8 Å². The highest BCUT2D eigenvalue weighted by atomic mass is 127. The highest BCUT2D eigenvalue weighted by Gasteiger charge is 2.45. The first kappa shape index (κ1) is 17.1. The molecule has 5 heteroatoms. The lowest BCUT2D eigenvalue weighted by Crippen LogP contribution is -2.39. The van der Waals surface area contributed by atoms with E-state index in [-0.39, 0.29) is 29.4 Å². The number of halogens is 2. The molecule has 0 saturated heterocycles. The second kappa shape index (κ2) is 7.31. The van der Waals surface area contributed by atoms with Crippen molar-refractivity contribution in [3.8, 4) is 0 Å². The number of benzene rings is 1. The Bertz CT molecular complexity index is 510. The van der Waals surface area contributed by atoms with E-state index < -0.39 is 0 Å². The third kappa shape index (κ3) is 4.34. The van der Waals surface area contributed by atoms with Gasteiger partial charge in [-0.15, -0.1) is 24.0 Å². The van der Waals surface area contributed by atoms with Gasteiger partial charge in [0.2, 0.25) is 0 Å². The van der Waals surface area contributed by atoms with Crippen LogP contribution in [0.1, 0.15) is 38.2 Å². The minimum atomic E-state index is 0. The van der Waals surface area contributed by atoms with Gasteiger partial charge in [-0.25, -0.2) is 0 Å². The van der Waals surface area contributed by atoms with E-state index in [1.807, 2.05) is 0 Å². The Morgan fingerprint density at radius 2 is 2.05 bits per heavy atom. The average Bonchev–Trinajstić information content (AvgIpc) is 3.33. The summed E-state index contributed by atoms with van der Waals surface area (Å²) in [7, 11) is 0. The van der Waals surface area contributed by atoms with Gasteiger partial charge in [-0.1, -0.05) is 34.1 Å². The third-order valence-corrected chi connectivity index (χ3v) is 4.79. The molecule has 0 spiro atoms. The molecule has 1 aromatic rings. The van der Waals surface area contributed by atoms with Crippen LogP contribution in [0.3, 0.4) is 0 Å². The molecular formula is C16H23BrIN3. The standard InChI is InChI=1S/C16H22BrN3.HI/c1-2-18-15(20-12-7-8-12)19-11-16(9-10-16)13-5-3-4-6-14(13)17;/h3-6,12H,2,7-11H2,1H3,(H2,18,19,20);1H. The van der Waals surface area contributed by atoms with E-state index in [1.54, 1.807) is 0 Å². The van der Waals surface area contributed by atoms with Crippen LogP contribution in [0.15, 0.2) is 33.7 Å². The fourth-order valence-corrected chi connectivity index (χ4v) is 3.23. The fraction of sp³-hybridized carbons (Fsp3) is 0.562. The van der Waals surface area contributed by atoms with Gasteiger partial charge in [0.15, 0.2) is 5.96 Å². The van der Waals surface area contributed by atoms with Crippen LogP contribution in [-0.2, 0) is 5.41 Å². The molecule has 2 saturated carbocycles. The second-order valence-corrected chi connectivity index (χ2v) is 6.73. The van der Waals surface area contributed by atoms with E-state index in [0.717, 1.165) is 19.0 Å². The maximum absolute atomic E-state index is 4.82. The molecule has 0 aromatic heterocycles. The molecular weight excluding hydrogens is 441 g/mol. The summed E-state index contributed by atoms with van der Waals surface area (Å²) in [6.45, 7) is 3.91. The van der Waals surface area contributed by atoms with Crippen LogP contribution in [-0.4, -0.2) is 25.1 Å². The van der Waals surface area contributed by atoms with Crippen molar-refractivity contribution in [2.75, 3.05) is 13.1 Å². The summed E-state index contributed by atoms with van der Waals surface area (Å²) < 4.78 is 1.22. The minimum Gasteiger partial charge on any atom is -0.357 e. The van der Waals surface area contributed by atoms with Crippen molar-refractivity contribution in [3.63, 3.8) is 0 Å². The summed E-state index contributed by atoms with van der Waals surface area (Å²) in [5.74, 6) is 0.980. The smallest absolute Gasteiger partial charge is 0.191 e. The van der Waals surface area contributed by atoms with Gasteiger partial charge in [-0.2, -0.15) is 0 Å². The lowest BCUT2D eigenvalue weighted by molar-refractivity contribution is 0.689. The molecule has 0 bridgehead atoms. The number of nitrogens with zero attached hydrogens (tertiary/aromatic N) is 1. The quantitative estimate of drug-likeness (QED) is 0.395. The largest absolute Gasteiger partial charge is 0.357 e. The fourth-order valence-electron chi connectivity index (χ4n) is 2.53. The lowest BCUT2D eigenvalue weighted by Gasteiger charge is -2.17. The molecule has 116 valence electrons. The molecule has 0 heterocycles. The summed E-state index contributed by atoms with van der Waals surface area (Å²) in [5.41, 5.74) is 1.66. The summed E-state index contributed by atoms with van der Waals surface area (Å²) in [6, 6.07) is 9.20. The van der Waals surface area contributed by atoms with Crippen molar-refractivity contribution in [2.24, 2.45) is 4.99 Å². The van der Waals surface area contributed by atoms with Gasteiger partial charge in [-0.3, -0.25) is 4.99 Å². The van der Waals surface area contributed by atoms with Gasteiger partial charge >= 0.3 is 0 Å². The first-order valence-corrected chi connectivity index (χ1v) is 8.33. The predicted octanol–water partition coefficient (Wildman–Crippen LogP) is 3.82. The molecule has 1 aromatic carbocycles. The Labute approximate surface area is 152 Å². The lowest BCUT2D eigenvalue weighted by atomic mass is 9.96. The molecule has 0 unspecified atom stereocenters. The van der Waals surface area contributed by atoms with Crippen LogP contribution in [0.4, 0.5) is 0 Å². The minimum absolute atomic E-state index is 0. The van der Waals surface area contributed by atoms with Crippen molar-refractivity contribution >= 4 is 45.9 Å². The van der Waals surface area contributed by atoms with Crippen LogP contribution in [0.2, 0.25) is 0 Å². The van der Waals surface area contributed by atoms with Crippen LogP contribution in [0.25, 0.3) is 0 Å². The number of hydrogen-bond acceptors (Lipinski definition) is 1. The van der Waals surface area contributed by atoms with Crippen LogP contribution in [0, 0.1) is 0 Å². The van der Waals surface area contributed by atoms with E-state index in [1.165, 1.54) is 35.7 Å². The van der Waals surface area contributed by atoms with Crippen molar-refractivity contribution < 1.29 is 0 Å². The Hall–Kier alpha value is -0.300. The molecule has 3 nitrogen and oxygen atoms in total. The Morgan fingerprint density at radius 1 is 1.33 bits per heavy atom. The number of hydrogen-bond donors (Lipinski definition) is 2. The van der Waals surface area contributed by atoms with Gasteiger partial charge in [-0.05, 0) is 44.2 Å². The van der Waals surface area contributed by atoms with E-state index >= 15 is 0 Å². The number of aliphatic imine (C=N–C) groups is 1. The van der Waals surface area contributed by atoms with Crippen molar-refractivity contribution in [1.29, 1.82) is 0 Å². The number of rotatable bonds is 5. The van der Waals surface area contributed by atoms with Gasteiger partial charge in [0, 0.05) is 22.5 Å². The van der Waals surface area contributed by atoms with Crippen molar-refractivity contribution in [3.05, 3.63) is 34.3 Å².